The summed E-state index contributed by atoms with van der Waals surface area (Å²) < 4.78 is 10.1. The topological polar surface area (TPSA) is 68.7 Å². The molecule has 2 rings (SSSR count). The number of nitrogens with zero attached hydrogens (tertiary/aromatic N) is 2. The minimum absolute atomic E-state index is 0.0325. The third-order valence-corrected chi connectivity index (χ3v) is 4.45. The highest BCUT2D eigenvalue weighted by Crippen LogP contribution is 2.24. The van der Waals surface area contributed by atoms with Crippen LogP contribution in [0.4, 0.5) is 5.69 Å². The number of methoxy groups -OCH3 is 1. The molecule has 0 fully saturated rings. The Bertz CT molecular complexity index is 785. The number of thiophene rings is 1. The van der Waals surface area contributed by atoms with E-state index in [1.807, 2.05) is 26.8 Å². The second-order valence-electron chi connectivity index (χ2n) is 6.56. The van der Waals surface area contributed by atoms with Gasteiger partial charge in [-0.1, -0.05) is 11.6 Å². The molecule has 8 heteroatoms. The molecule has 6 nitrogen and oxygen atoms in total. The number of hydrogen-bond acceptors (Lipinski definition) is 7. The molecule has 2 heterocycles. The van der Waals surface area contributed by atoms with Crippen molar-refractivity contribution in [1.29, 1.82) is 0 Å². The average Bonchev–Trinajstić information content (AvgIpc) is 3.00. The predicted octanol–water partition coefficient (Wildman–Crippen LogP) is 3.93. The van der Waals surface area contributed by atoms with Crippen molar-refractivity contribution in [2.24, 2.45) is 0 Å². The Labute approximate surface area is 161 Å². The molecular weight excluding hydrogens is 376 g/mol. The first kappa shape index (κ1) is 20.2. The Hall–Kier alpha value is -2.12. The molecular formula is C18H21ClN2O4S. The van der Waals surface area contributed by atoms with Gasteiger partial charge in [0.2, 0.25) is 0 Å². The summed E-state index contributed by atoms with van der Waals surface area (Å²) >= 11 is 7.35. The minimum Gasteiger partial charge on any atom is -0.465 e. The lowest BCUT2D eigenvalue weighted by Gasteiger charge is -2.26. The number of hydrogen-bond donors (Lipinski definition) is 0. The van der Waals surface area contributed by atoms with Gasteiger partial charge in [0, 0.05) is 11.1 Å². The molecule has 0 N–H and O–H groups in total. The maximum atomic E-state index is 12.3. The van der Waals surface area contributed by atoms with Crippen LogP contribution in [0.3, 0.4) is 0 Å². The van der Waals surface area contributed by atoms with Crippen molar-refractivity contribution in [3.8, 4) is 0 Å². The van der Waals surface area contributed by atoms with Crippen LogP contribution in [-0.4, -0.2) is 36.2 Å². The lowest BCUT2D eigenvalue weighted by Crippen LogP contribution is -2.34. The van der Waals surface area contributed by atoms with Gasteiger partial charge >= 0.3 is 11.9 Å². The fraction of sp³-hybridized carbons (Fsp3) is 0.389. The molecule has 0 atom stereocenters. The van der Waals surface area contributed by atoms with Crippen LogP contribution < -0.4 is 4.90 Å². The van der Waals surface area contributed by atoms with Gasteiger partial charge < -0.3 is 14.4 Å². The highest BCUT2D eigenvalue weighted by atomic mass is 35.5. The molecule has 0 saturated carbocycles. The molecule has 0 aliphatic rings. The predicted molar refractivity (Wildman–Crippen MR) is 102 cm³/mol. The van der Waals surface area contributed by atoms with E-state index in [9.17, 15) is 9.59 Å². The molecule has 0 radical (unpaired) electrons. The summed E-state index contributed by atoms with van der Waals surface area (Å²) in [5, 5.41) is 0.470. The molecule has 2 aromatic rings. The number of ether oxygens (including phenoxy) is 2. The van der Waals surface area contributed by atoms with Gasteiger partial charge in [-0.2, -0.15) is 0 Å². The smallest absolute Gasteiger partial charge is 0.348 e. The average molecular weight is 397 g/mol. The molecule has 0 aliphatic heterocycles. The molecule has 140 valence electrons. The summed E-state index contributed by atoms with van der Waals surface area (Å²) in [6, 6.07) is 5.26. The molecule has 0 amide bonds. The van der Waals surface area contributed by atoms with Crippen molar-refractivity contribution in [1.82, 2.24) is 4.98 Å². The monoisotopic (exact) mass is 396 g/mol. The summed E-state index contributed by atoms with van der Waals surface area (Å²) in [7, 11) is 1.34. The fourth-order valence-electron chi connectivity index (χ4n) is 2.20. The number of pyridine rings is 1. The first-order valence-electron chi connectivity index (χ1n) is 7.92. The zero-order valence-corrected chi connectivity index (χ0v) is 16.7. The molecule has 0 unspecified atom stereocenters. The first-order chi connectivity index (χ1) is 12.2. The number of aromatic nitrogens is 1. The molecule has 0 aliphatic carbocycles. The van der Waals surface area contributed by atoms with E-state index in [1.165, 1.54) is 24.6 Å². The van der Waals surface area contributed by atoms with Crippen LogP contribution in [0.5, 0.6) is 0 Å². The van der Waals surface area contributed by atoms with Crippen molar-refractivity contribution in [3.05, 3.63) is 45.4 Å². The SMILES string of the molecule is COC(=O)c1ccc(CN(CC(=O)OC(C)(C)C)c2cncc(Cl)c2)s1. The Morgan fingerprint density at radius 3 is 2.62 bits per heavy atom. The number of rotatable bonds is 6. The van der Waals surface area contributed by atoms with Gasteiger partial charge in [0.15, 0.2) is 0 Å². The van der Waals surface area contributed by atoms with Crippen LogP contribution in [0, 0.1) is 0 Å². The second-order valence-corrected chi connectivity index (χ2v) is 8.17. The summed E-state index contributed by atoms with van der Waals surface area (Å²) in [4.78, 5) is 31.2. The number of halogens is 1. The van der Waals surface area contributed by atoms with Crippen LogP contribution in [0.2, 0.25) is 5.02 Å². The molecule has 26 heavy (non-hydrogen) atoms. The van der Waals surface area contributed by atoms with Gasteiger partial charge in [0.25, 0.3) is 0 Å². The summed E-state index contributed by atoms with van der Waals surface area (Å²) in [6.45, 7) is 5.89. The van der Waals surface area contributed by atoms with Gasteiger partial charge in [0.1, 0.15) is 17.0 Å². The molecule has 0 bridgehead atoms. The van der Waals surface area contributed by atoms with Gasteiger partial charge in [-0.3, -0.25) is 9.78 Å². The van der Waals surface area contributed by atoms with E-state index in [0.29, 0.717) is 22.1 Å². The number of carbonyl (C=O) groups is 2. The van der Waals surface area contributed by atoms with E-state index in [0.717, 1.165) is 4.88 Å². The van der Waals surface area contributed by atoms with Crippen LogP contribution in [0.1, 0.15) is 35.3 Å². The fourth-order valence-corrected chi connectivity index (χ4v) is 3.31. The normalized spacial score (nSPS) is 11.1. The Morgan fingerprint density at radius 1 is 1.27 bits per heavy atom. The summed E-state index contributed by atoms with van der Waals surface area (Å²) in [5.41, 5.74) is 0.118. The van der Waals surface area contributed by atoms with E-state index in [2.05, 4.69) is 4.98 Å². The Morgan fingerprint density at radius 2 is 2.00 bits per heavy atom. The van der Waals surface area contributed by atoms with Crippen molar-refractivity contribution < 1.29 is 19.1 Å². The standard InChI is InChI=1S/C18H21ClN2O4S/c1-18(2,3)25-16(22)11-21(13-7-12(19)8-20-9-13)10-14-5-6-15(26-14)17(23)24-4/h5-9H,10-11H2,1-4H3. The Kier molecular flexibility index (Phi) is 6.61. The first-order valence-corrected chi connectivity index (χ1v) is 9.12. The lowest BCUT2D eigenvalue weighted by molar-refractivity contribution is -0.153. The third kappa shape index (κ3) is 6.00. The molecule has 0 spiro atoms. The van der Waals surface area contributed by atoms with Crippen LogP contribution >= 0.6 is 22.9 Å². The molecule has 0 saturated heterocycles. The van der Waals surface area contributed by atoms with Gasteiger partial charge in [-0.15, -0.1) is 11.3 Å². The minimum atomic E-state index is -0.573. The summed E-state index contributed by atoms with van der Waals surface area (Å²) in [5.74, 6) is -0.744. The molecule has 0 aromatic carbocycles. The van der Waals surface area contributed by atoms with Crippen molar-refractivity contribution >= 4 is 40.6 Å². The highest BCUT2D eigenvalue weighted by Gasteiger charge is 2.21. The number of esters is 2. The van der Waals surface area contributed by atoms with E-state index in [-0.39, 0.29) is 18.5 Å². The van der Waals surface area contributed by atoms with E-state index in [4.69, 9.17) is 21.1 Å². The van der Waals surface area contributed by atoms with E-state index >= 15 is 0 Å². The van der Waals surface area contributed by atoms with Crippen LogP contribution in [0.25, 0.3) is 0 Å². The Balaban J connectivity index is 2.21. The maximum absolute atomic E-state index is 12.3. The van der Waals surface area contributed by atoms with Crippen LogP contribution in [-0.2, 0) is 20.8 Å². The number of carbonyl (C=O) groups excluding carboxylic acids is 2. The van der Waals surface area contributed by atoms with Gasteiger partial charge in [0.05, 0.1) is 30.6 Å². The lowest BCUT2D eigenvalue weighted by atomic mass is 10.2. The van der Waals surface area contributed by atoms with Crippen molar-refractivity contribution in [2.75, 3.05) is 18.6 Å². The van der Waals surface area contributed by atoms with E-state index in [1.54, 1.807) is 23.2 Å². The summed E-state index contributed by atoms with van der Waals surface area (Å²) in [6.07, 6.45) is 3.16. The third-order valence-electron chi connectivity index (χ3n) is 3.19. The van der Waals surface area contributed by atoms with Gasteiger partial charge in [-0.25, -0.2) is 4.79 Å². The van der Waals surface area contributed by atoms with Crippen molar-refractivity contribution in [3.63, 3.8) is 0 Å². The second kappa shape index (κ2) is 8.51. The van der Waals surface area contributed by atoms with Gasteiger partial charge in [-0.05, 0) is 39.0 Å². The highest BCUT2D eigenvalue weighted by molar-refractivity contribution is 7.13. The zero-order chi connectivity index (χ0) is 19.3. The largest absolute Gasteiger partial charge is 0.465 e. The van der Waals surface area contributed by atoms with Crippen LogP contribution in [0.15, 0.2) is 30.6 Å². The maximum Gasteiger partial charge on any atom is 0.348 e. The van der Waals surface area contributed by atoms with Crippen molar-refractivity contribution in [2.45, 2.75) is 32.9 Å². The zero-order valence-electron chi connectivity index (χ0n) is 15.1. The van der Waals surface area contributed by atoms with E-state index < -0.39 is 5.60 Å². The quantitative estimate of drug-likeness (QED) is 0.689. The number of anilines is 1. The molecule has 2 aromatic heterocycles.